The van der Waals surface area contributed by atoms with E-state index in [0.717, 1.165) is 10.9 Å². The van der Waals surface area contributed by atoms with Crippen LogP contribution in [0.4, 0.5) is 0 Å². The van der Waals surface area contributed by atoms with Crippen molar-refractivity contribution < 1.29 is 12.6 Å². The summed E-state index contributed by atoms with van der Waals surface area (Å²) in [4.78, 5) is 0.205. The molecule has 5 heteroatoms. The van der Waals surface area contributed by atoms with Crippen LogP contribution in [-0.4, -0.2) is 38.0 Å². The van der Waals surface area contributed by atoms with E-state index in [2.05, 4.69) is 0 Å². The second-order valence-electron chi connectivity index (χ2n) is 4.68. The van der Waals surface area contributed by atoms with Crippen molar-refractivity contribution >= 4 is 50.4 Å². The Balaban J connectivity index is 0.00000176. The molecule has 0 aromatic heterocycles. The quantitative estimate of drug-likeness (QED) is 0.547. The molecule has 0 amide bonds. The molecule has 3 nitrogen and oxygen atoms in total. The van der Waals surface area contributed by atoms with Crippen LogP contribution in [0.2, 0.25) is 0 Å². The average molecular weight is 321 g/mol. The predicted octanol–water partition coefficient (Wildman–Crippen LogP) is 3.36. The molecule has 22 heavy (non-hydrogen) atoms. The molecule has 3 aromatic carbocycles. The molecule has 0 fully saturated rings. The molecule has 1 radical (unpaired) electrons. The van der Waals surface area contributed by atoms with Crippen molar-refractivity contribution in [3.63, 3.8) is 0 Å². The fourth-order valence-electron chi connectivity index (χ4n) is 2.20. The normalized spacial score (nSPS) is 11.1. The fraction of sp³-hybridized carbons (Fsp3) is 0.0588. The Morgan fingerprint density at radius 1 is 0.773 bits per heavy atom. The second-order valence-corrected chi connectivity index (χ2v) is 6.26. The molecule has 0 aliphatic heterocycles. The Morgan fingerprint density at radius 3 is 2.18 bits per heavy atom. The van der Waals surface area contributed by atoms with Gasteiger partial charge in [-0.1, -0.05) is 66.7 Å². The van der Waals surface area contributed by atoms with Gasteiger partial charge in [-0.15, -0.1) is 0 Å². The van der Waals surface area contributed by atoms with E-state index < -0.39 is 10.1 Å². The SMILES string of the molecule is O=S(=O)(OCc1ccccc1)c1cccc2ccccc12.[Na]. The first-order chi connectivity index (χ1) is 10.2. The largest absolute Gasteiger partial charge is 0.297 e. The third kappa shape index (κ3) is 3.77. The molecule has 3 aromatic rings. The number of hydrogen-bond acceptors (Lipinski definition) is 3. The summed E-state index contributed by atoms with van der Waals surface area (Å²) in [7, 11) is -3.79. The van der Waals surface area contributed by atoms with Gasteiger partial charge in [-0.3, -0.25) is 4.18 Å². The molecular weight excluding hydrogens is 307 g/mol. The van der Waals surface area contributed by atoms with Crippen LogP contribution in [0.1, 0.15) is 5.56 Å². The third-order valence-electron chi connectivity index (χ3n) is 3.24. The maximum atomic E-state index is 12.4. The van der Waals surface area contributed by atoms with Crippen molar-refractivity contribution in [1.82, 2.24) is 0 Å². The van der Waals surface area contributed by atoms with Gasteiger partial charge >= 0.3 is 0 Å². The summed E-state index contributed by atoms with van der Waals surface area (Å²) >= 11 is 0. The zero-order valence-corrected chi connectivity index (χ0v) is 15.1. The van der Waals surface area contributed by atoms with E-state index in [0.29, 0.717) is 5.39 Å². The molecule has 0 unspecified atom stereocenters. The van der Waals surface area contributed by atoms with Gasteiger partial charge in [-0.2, -0.15) is 8.42 Å². The zero-order chi connectivity index (χ0) is 14.7. The van der Waals surface area contributed by atoms with E-state index in [1.807, 2.05) is 54.6 Å². The molecule has 0 spiro atoms. The van der Waals surface area contributed by atoms with Gasteiger partial charge in [0.2, 0.25) is 0 Å². The summed E-state index contributed by atoms with van der Waals surface area (Å²) in [6, 6.07) is 21.8. The van der Waals surface area contributed by atoms with Crippen LogP contribution in [0.5, 0.6) is 0 Å². The van der Waals surface area contributed by atoms with Crippen molar-refractivity contribution in [3.05, 3.63) is 78.4 Å². The maximum absolute atomic E-state index is 12.4. The molecule has 0 N–H and O–H groups in total. The van der Waals surface area contributed by atoms with Gasteiger partial charge in [0, 0.05) is 34.9 Å². The van der Waals surface area contributed by atoms with Gasteiger partial charge in [-0.05, 0) is 17.0 Å². The van der Waals surface area contributed by atoms with Gasteiger partial charge in [0.15, 0.2) is 0 Å². The monoisotopic (exact) mass is 321 g/mol. The smallest absolute Gasteiger partial charge is 0.262 e. The first kappa shape index (κ1) is 17.2. The van der Waals surface area contributed by atoms with E-state index in [4.69, 9.17) is 4.18 Å². The van der Waals surface area contributed by atoms with Gasteiger partial charge in [0.05, 0.1) is 6.61 Å². The van der Waals surface area contributed by atoms with Crippen LogP contribution >= 0.6 is 0 Å². The third-order valence-corrected chi connectivity index (χ3v) is 4.57. The molecule has 0 bridgehead atoms. The van der Waals surface area contributed by atoms with Crippen molar-refractivity contribution in [1.29, 1.82) is 0 Å². The van der Waals surface area contributed by atoms with Gasteiger partial charge < -0.3 is 0 Å². The minimum absolute atomic E-state index is 0. The summed E-state index contributed by atoms with van der Waals surface area (Å²) in [6.45, 7) is 0.0341. The van der Waals surface area contributed by atoms with Gasteiger partial charge in [0.1, 0.15) is 4.90 Å². The number of fused-ring (bicyclic) bond motifs is 1. The van der Waals surface area contributed by atoms with E-state index in [1.165, 1.54) is 0 Å². The minimum Gasteiger partial charge on any atom is -0.262 e. The van der Waals surface area contributed by atoms with Crippen molar-refractivity contribution in [2.75, 3.05) is 0 Å². The van der Waals surface area contributed by atoms with Gasteiger partial charge in [-0.25, -0.2) is 0 Å². The Kier molecular flexibility index (Phi) is 5.78. The molecule has 107 valence electrons. The molecule has 0 aliphatic rings. The predicted molar refractivity (Wildman–Crippen MR) is 88.1 cm³/mol. The van der Waals surface area contributed by atoms with E-state index >= 15 is 0 Å². The van der Waals surface area contributed by atoms with Gasteiger partial charge in [0.25, 0.3) is 10.1 Å². The molecule has 0 heterocycles. The zero-order valence-electron chi connectivity index (χ0n) is 12.3. The summed E-state index contributed by atoms with van der Waals surface area (Å²) in [6.07, 6.45) is 0. The van der Waals surface area contributed by atoms with E-state index in [1.54, 1.807) is 18.2 Å². The Hall–Kier alpha value is -1.17. The van der Waals surface area contributed by atoms with Crippen LogP contribution in [0.25, 0.3) is 10.8 Å². The second kappa shape index (κ2) is 7.40. The van der Waals surface area contributed by atoms with Crippen LogP contribution in [0.15, 0.2) is 77.7 Å². The molecule has 0 atom stereocenters. The van der Waals surface area contributed by atoms with E-state index in [9.17, 15) is 8.42 Å². The molecule has 0 saturated carbocycles. The molecule has 0 saturated heterocycles. The minimum atomic E-state index is -3.79. The topological polar surface area (TPSA) is 43.4 Å². The first-order valence-electron chi connectivity index (χ1n) is 6.58. The summed E-state index contributed by atoms with van der Waals surface area (Å²) in [5.41, 5.74) is 0.821. The van der Waals surface area contributed by atoms with Crippen molar-refractivity contribution in [2.45, 2.75) is 11.5 Å². The number of hydrogen-bond donors (Lipinski definition) is 0. The molecular formula is C17H14NaO3S. The molecule has 0 aliphatic carbocycles. The standard InChI is InChI=1S/C17H14O3S.Na/c18-21(19,20-13-14-7-2-1-3-8-14)17-12-6-10-15-9-4-5-11-16(15)17;/h1-12H,13H2;. The maximum Gasteiger partial charge on any atom is 0.297 e. The average Bonchev–Trinajstić information content (AvgIpc) is 2.53. The summed E-state index contributed by atoms with van der Waals surface area (Å²) < 4.78 is 30.0. The van der Waals surface area contributed by atoms with E-state index in [-0.39, 0.29) is 41.1 Å². The number of rotatable bonds is 4. The first-order valence-corrected chi connectivity index (χ1v) is 7.99. The van der Waals surface area contributed by atoms with Crippen LogP contribution in [-0.2, 0) is 20.9 Å². The van der Waals surface area contributed by atoms with Crippen LogP contribution in [0, 0.1) is 0 Å². The fourth-order valence-corrected chi connectivity index (χ4v) is 3.32. The summed E-state index contributed by atoms with van der Waals surface area (Å²) in [5, 5.41) is 1.55. The van der Waals surface area contributed by atoms with Crippen LogP contribution < -0.4 is 0 Å². The number of benzene rings is 3. The Bertz CT molecular complexity index is 856. The Morgan fingerprint density at radius 2 is 1.41 bits per heavy atom. The van der Waals surface area contributed by atoms with Crippen LogP contribution in [0.3, 0.4) is 0 Å². The molecule has 3 rings (SSSR count). The van der Waals surface area contributed by atoms with Crippen molar-refractivity contribution in [3.8, 4) is 0 Å². The Labute approximate surface area is 152 Å². The summed E-state index contributed by atoms with van der Waals surface area (Å²) in [5.74, 6) is 0. The van der Waals surface area contributed by atoms with Crippen molar-refractivity contribution in [2.24, 2.45) is 0 Å².